The molecule has 32 heavy (non-hydrogen) atoms. The molecule has 2 aromatic heterocycles. The van der Waals surface area contributed by atoms with Crippen LogP contribution in [0.3, 0.4) is 0 Å². The van der Waals surface area contributed by atoms with E-state index in [0.29, 0.717) is 33.4 Å². The van der Waals surface area contributed by atoms with Crippen LogP contribution < -0.4 is 10.1 Å². The van der Waals surface area contributed by atoms with Gasteiger partial charge in [-0.05, 0) is 30.3 Å². The standard InChI is InChI=1S/C21H13Cl2N3O6/c1-30-16-5-3-11(21(28)26-19-13(22)7-24-8-14(19)23)18-12-6-10(25-9-17(27)32-29)2-4-15(12)31-20(16)18/h2-9,29H,1H3,(H,24,26,28)/b25-9-. The lowest BCUT2D eigenvalue weighted by Crippen LogP contribution is -2.13. The number of carbonyl (C=O) groups excluding carboxylic acids is 2. The molecule has 0 unspecified atom stereocenters. The molecule has 2 aromatic carbocycles. The fourth-order valence-electron chi connectivity index (χ4n) is 3.14. The van der Waals surface area contributed by atoms with E-state index in [9.17, 15) is 9.59 Å². The van der Waals surface area contributed by atoms with Gasteiger partial charge in [0.1, 0.15) is 11.8 Å². The van der Waals surface area contributed by atoms with E-state index in [1.54, 1.807) is 30.3 Å². The van der Waals surface area contributed by atoms with Crippen LogP contribution in [-0.2, 0) is 9.68 Å². The van der Waals surface area contributed by atoms with Gasteiger partial charge in [-0.1, -0.05) is 23.2 Å². The third kappa shape index (κ3) is 3.96. The second-order valence-corrected chi connectivity index (χ2v) is 7.22. The number of halogens is 2. The molecule has 2 heterocycles. The third-order valence-electron chi connectivity index (χ3n) is 4.53. The summed E-state index contributed by atoms with van der Waals surface area (Å²) in [6, 6.07) is 8.02. The number of methoxy groups -OCH3 is 1. The van der Waals surface area contributed by atoms with Crippen LogP contribution in [0, 0.1) is 0 Å². The molecular weight excluding hydrogens is 461 g/mol. The molecule has 1 amide bonds. The lowest BCUT2D eigenvalue weighted by atomic mass is 10.0. The number of carbonyl (C=O) groups is 2. The van der Waals surface area contributed by atoms with Gasteiger partial charge in [-0.3, -0.25) is 14.7 Å². The molecule has 0 fully saturated rings. The molecule has 0 spiro atoms. The normalized spacial score (nSPS) is 11.2. The molecule has 0 aliphatic carbocycles. The van der Waals surface area contributed by atoms with Crippen molar-refractivity contribution in [3.8, 4) is 5.75 Å². The Hall–Kier alpha value is -3.66. The van der Waals surface area contributed by atoms with Crippen molar-refractivity contribution in [2.75, 3.05) is 12.4 Å². The Bertz CT molecular complexity index is 1380. The van der Waals surface area contributed by atoms with Gasteiger partial charge in [0, 0.05) is 23.2 Å². The summed E-state index contributed by atoms with van der Waals surface area (Å²) in [7, 11) is 1.48. The van der Waals surface area contributed by atoms with Gasteiger partial charge in [-0.2, -0.15) is 5.26 Å². The highest BCUT2D eigenvalue weighted by atomic mass is 35.5. The van der Waals surface area contributed by atoms with Crippen molar-refractivity contribution < 1.29 is 28.9 Å². The summed E-state index contributed by atoms with van der Waals surface area (Å²) >= 11 is 12.2. The lowest BCUT2D eigenvalue weighted by molar-refractivity contribution is -0.224. The van der Waals surface area contributed by atoms with Crippen LogP contribution in [0.25, 0.3) is 21.9 Å². The van der Waals surface area contributed by atoms with Crippen molar-refractivity contribution >= 4 is 74.6 Å². The first-order valence-corrected chi connectivity index (χ1v) is 9.71. The number of rotatable bonds is 5. The van der Waals surface area contributed by atoms with Crippen LogP contribution in [-0.4, -0.2) is 35.4 Å². The maximum absolute atomic E-state index is 13.2. The van der Waals surface area contributed by atoms with Crippen molar-refractivity contribution in [2.24, 2.45) is 4.99 Å². The minimum Gasteiger partial charge on any atom is -0.493 e. The number of aliphatic imine (C=N–C) groups is 1. The van der Waals surface area contributed by atoms with Gasteiger partial charge in [-0.25, -0.2) is 9.79 Å². The van der Waals surface area contributed by atoms with Gasteiger partial charge in [0.2, 0.25) is 0 Å². The number of amides is 1. The van der Waals surface area contributed by atoms with Gasteiger partial charge in [0.25, 0.3) is 5.91 Å². The number of anilines is 1. The van der Waals surface area contributed by atoms with E-state index in [0.717, 1.165) is 6.21 Å². The highest BCUT2D eigenvalue weighted by Crippen LogP contribution is 2.39. The highest BCUT2D eigenvalue weighted by molar-refractivity contribution is 6.40. The molecule has 0 saturated heterocycles. The molecule has 11 heteroatoms. The van der Waals surface area contributed by atoms with Crippen molar-refractivity contribution in [3.05, 3.63) is 58.3 Å². The zero-order valence-electron chi connectivity index (χ0n) is 16.3. The van der Waals surface area contributed by atoms with Crippen LogP contribution in [0.2, 0.25) is 10.0 Å². The molecule has 0 atom stereocenters. The first-order chi connectivity index (χ1) is 15.4. The van der Waals surface area contributed by atoms with Crippen LogP contribution in [0.15, 0.2) is 52.1 Å². The Kier molecular flexibility index (Phi) is 5.95. The molecule has 4 rings (SSSR count). The average molecular weight is 474 g/mol. The lowest BCUT2D eigenvalue weighted by Gasteiger charge is -2.10. The van der Waals surface area contributed by atoms with Crippen molar-refractivity contribution in [1.82, 2.24) is 4.98 Å². The van der Waals surface area contributed by atoms with Crippen molar-refractivity contribution in [1.29, 1.82) is 0 Å². The van der Waals surface area contributed by atoms with Gasteiger partial charge in [-0.15, -0.1) is 0 Å². The summed E-state index contributed by atoms with van der Waals surface area (Å²) in [5.41, 5.74) is 1.65. The van der Waals surface area contributed by atoms with Gasteiger partial charge >= 0.3 is 5.97 Å². The summed E-state index contributed by atoms with van der Waals surface area (Å²) in [4.78, 5) is 35.7. The number of hydrogen-bond acceptors (Lipinski definition) is 8. The summed E-state index contributed by atoms with van der Waals surface area (Å²) in [6.45, 7) is 0. The summed E-state index contributed by atoms with van der Waals surface area (Å²) in [6.07, 6.45) is 3.54. The predicted octanol–water partition coefficient (Wildman–Crippen LogP) is 5.27. The number of ether oxygens (including phenoxy) is 1. The SMILES string of the molecule is COc1ccc(C(=O)Nc2c(Cl)cncc2Cl)c2c1oc1ccc(/N=C\C(=O)OO)cc12. The fraction of sp³-hybridized carbons (Fsp3) is 0.0476. The minimum absolute atomic E-state index is 0.181. The molecule has 4 aromatic rings. The number of furan rings is 1. The molecule has 0 aliphatic heterocycles. The maximum Gasteiger partial charge on any atom is 0.383 e. The van der Waals surface area contributed by atoms with Gasteiger partial charge < -0.3 is 14.5 Å². The minimum atomic E-state index is -1.03. The van der Waals surface area contributed by atoms with Crippen molar-refractivity contribution in [2.45, 2.75) is 0 Å². The van der Waals surface area contributed by atoms with Gasteiger partial charge in [0.15, 0.2) is 11.3 Å². The third-order valence-corrected chi connectivity index (χ3v) is 5.10. The van der Waals surface area contributed by atoms with Crippen LogP contribution in [0.1, 0.15) is 10.4 Å². The Labute approximate surface area is 190 Å². The molecule has 0 saturated carbocycles. The van der Waals surface area contributed by atoms with E-state index in [2.05, 4.69) is 20.2 Å². The molecule has 9 nitrogen and oxygen atoms in total. The Morgan fingerprint density at radius 2 is 1.94 bits per heavy atom. The number of benzene rings is 2. The number of nitrogens with zero attached hydrogens (tertiary/aromatic N) is 2. The Morgan fingerprint density at radius 3 is 2.62 bits per heavy atom. The largest absolute Gasteiger partial charge is 0.493 e. The Morgan fingerprint density at radius 1 is 1.19 bits per heavy atom. The number of fused-ring (bicyclic) bond motifs is 3. The molecular formula is C21H13Cl2N3O6. The van der Waals surface area contributed by atoms with E-state index >= 15 is 0 Å². The zero-order chi connectivity index (χ0) is 22.8. The van der Waals surface area contributed by atoms with E-state index in [-0.39, 0.29) is 21.3 Å². The number of hydrogen-bond donors (Lipinski definition) is 2. The van der Waals surface area contributed by atoms with Crippen LogP contribution in [0.5, 0.6) is 5.75 Å². The number of nitrogens with one attached hydrogen (secondary N) is 1. The Balaban J connectivity index is 1.87. The first kappa shape index (κ1) is 21.6. The topological polar surface area (TPSA) is 123 Å². The fourth-order valence-corrected chi connectivity index (χ4v) is 3.60. The maximum atomic E-state index is 13.2. The monoisotopic (exact) mass is 473 g/mol. The van der Waals surface area contributed by atoms with Crippen molar-refractivity contribution in [3.63, 3.8) is 0 Å². The van der Waals surface area contributed by atoms with E-state index < -0.39 is 11.9 Å². The number of pyridine rings is 1. The highest BCUT2D eigenvalue weighted by Gasteiger charge is 2.21. The van der Waals surface area contributed by atoms with Gasteiger partial charge in [0.05, 0.1) is 34.1 Å². The van der Waals surface area contributed by atoms with E-state index in [1.807, 2.05) is 0 Å². The second kappa shape index (κ2) is 8.83. The predicted molar refractivity (Wildman–Crippen MR) is 119 cm³/mol. The molecule has 2 N–H and O–H groups in total. The quantitative estimate of drug-likeness (QED) is 0.230. The second-order valence-electron chi connectivity index (χ2n) is 6.40. The zero-order valence-corrected chi connectivity index (χ0v) is 17.8. The molecule has 0 bridgehead atoms. The summed E-state index contributed by atoms with van der Waals surface area (Å²) < 4.78 is 11.3. The van der Waals surface area contributed by atoms with E-state index in [4.69, 9.17) is 37.6 Å². The molecule has 162 valence electrons. The summed E-state index contributed by atoms with van der Waals surface area (Å²) in [5.74, 6) is -1.11. The molecule has 0 aliphatic rings. The number of aromatic nitrogens is 1. The van der Waals surface area contributed by atoms with Crippen LogP contribution >= 0.6 is 23.2 Å². The first-order valence-electron chi connectivity index (χ1n) is 8.96. The average Bonchev–Trinajstić information content (AvgIpc) is 3.18. The summed E-state index contributed by atoms with van der Waals surface area (Å²) in [5, 5.41) is 12.4. The van der Waals surface area contributed by atoms with Crippen LogP contribution in [0.4, 0.5) is 11.4 Å². The van der Waals surface area contributed by atoms with E-state index in [1.165, 1.54) is 19.5 Å². The smallest absolute Gasteiger partial charge is 0.383 e. The molecule has 0 radical (unpaired) electrons.